The van der Waals surface area contributed by atoms with Crippen LogP contribution in [0, 0.1) is 5.82 Å². The van der Waals surface area contributed by atoms with Crippen molar-refractivity contribution in [2.24, 2.45) is 0 Å². The Morgan fingerprint density at radius 1 is 1.33 bits per heavy atom. The molecule has 0 aliphatic carbocycles. The Morgan fingerprint density at radius 3 is 2.89 bits per heavy atom. The van der Waals surface area contributed by atoms with Gasteiger partial charge in [0.25, 0.3) is 5.91 Å². The van der Waals surface area contributed by atoms with Gasteiger partial charge < -0.3 is 10.2 Å². The Labute approximate surface area is 166 Å². The second-order valence-corrected chi connectivity index (χ2v) is 7.13. The van der Waals surface area contributed by atoms with E-state index in [0.29, 0.717) is 18.1 Å². The number of amides is 1. The van der Waals surface area contributed by atoms with Gasteiger partial charge in [0.2, 0.25) is 5.82 Å². The molecule has 0 bridgehead atoms. The minimum atomic E-state index is -0.362. The van der Waals surface area contributed by atoms with Crippen LogP contribution in [-0.4, -0.2) is 51.2 Å². The van der Waals surface area contributed by atoms with Crippen molar-refractivity contribution in [1.82, 2.24) is 25.0 Å². The molecule has 2 aromatic heterocycles. The van der Waals surface area contributed by atoms with Crippen LogP contribution < -0.4 is 5.32 Å². The molecular formula is C18H19ClFN5OS. The zero-order valence-corrected chi connectivity index (χ0v) is 16.3. The highest BCUT2D eigenvalue weighted by Gasteiger charge is 2.28. The number of rotatable bonds is 3. The smallest absolute Gasteiger partial charge is 0.293 e. The molecule has 6 nitrogen and oxygen atoms in total. The van der Waals surface area contributed by atoms with E-state index in [1.54, 1.807) is 17.0 Å². The average molecular weight is 408 g/mol. The van der Waals surface area contributed by atoms with E-state index in [9.17, 15) is 9.18 Å². The van der Waals surface area contributed by atoms with Crippen molar-refractivity contribution in [1.29, 1.82) is 0 Å². The first-order valence-electron chi connectivity index (χ1n) is 8.42. The van der Waals surface area contributed by atoms with Gasteiger partial charge >= 0.3 is 0 Å². The van der Waals surface area contributed by atoms with Gasteiger partial charge in [-0.15, -0.1) is 28.8 Å². The number of hydrogen-bond acceptors (Lipinski definition) is 5. The first-order valence-corrected chi connectivity index (χ1v) is 9.30. The Morgan fingerprint density at radius 2 is 2.19 bits per heavy atom. The third-order valence-corrected chi connectivity index (χ3v) is 5.22. The van der Waals surface area contributed by atoms with Crippen LogP contribution in [0.25, 0.3) is 16.4 Å². The third-order valence-electron chi connectivity index (χ3n) is 4.35. The standard InChI is InChI=1S/C18H18FN5OS.ClH/c1-12-11-20-7-8-23(12)18(25)16-21-17(15-6-3-9-26-15)24(22-16)14-5-2-4-13(19)10-14;/h2-6,9-10,12,20H,7-8,11H2,1H3;1H/t12-;/m1./s1. The van der Waals surface area contributed by atoms with Gasteiger partial charge in [0.05, 0.1) is 10.6 Å². The van der Waals surface area contributed by atoms with Crippen molar-refractivity contribution < 1.29 is 9.18 Å². The summed E-state index contributed by atoms with van der Waals surface area (Å²) in [7, 11) is 0. The zero-order valence-electron chi connectivity index (χ0n) is 14.6. The predicted octanol–water partition coefficient (Wildman–Crippen LogP) is 2.99. The highest BCUT2D eigenvalue weighted by atomic mass is 35.5. The Balaban J connectivity index is 0.00000210. The molecule has 9 heteroatoms. The van der Waals surface area contributed by atoms with Crippen molar-refractivity contribution in [3.8, 4) is 16.4 Å². The highest BCUT2D eigenvalue weighted by Crippen LogP contribution is 2.26. The molecule has 1 N–H and O–H groups in total. The second-order valence-electron chi connectivity index (χ2n) is 6.18. The lowest BCUT2D eigenvalue weighted by atomic mass is 10.2. The molecule has 1 amide bonds. The topological polar surface area (TPSA) is 63.1 Å². The molecule has 1 atom stereocenters. The van der Waals surface area contributed by atoms with Crippen LogP contribution in [0.4, 0.5) is 4.39 Å². The van der Waals surface area contributed by atoms with Crippen molar-refractivity contribution in [3.05, 3.63) is 53.4 Å². The fourth-order valence-corrected chi connectivity index (χ4v) is 3.73. The molecule has 27 heavy (non-hydrogen) atoms. The summed E-state index contributed by atoms with van der Waals surface area (Å²) >= 11 is 1.50. The number of carbonyl (C=O) groups excluding carboxylic acids is 1. The summed E-state index contributed by atoms with van der Waals surface area (Å²) < 4.78 is 15.2. The summed E-state index contributed by atoms with van der Waals surface area (Å²) in [5.41, 5.74) is 0.535. The maximum atomic E-state index is 13.7. The van der Waals surface area contributed by atoms with Gasteiger partial charge in [0, 0.05) is 25.7 Å². The highest BCUT2D eigenvalue weighted by molar-refractivity contribution is 7.13. The van der Waals surface area contributed by atoms with Gasteiger partial charge in [-0.05, 0) is 36.6 Å². The van der Waals surface area contributed by atoms with E-state index in [1.807, 2.05) is 24.4 Å². The van der Waals surface area contributed by atoms with Gasteiger partial charge in [-0.1, -0.05) is 12.1 Å². The average Bonchev–Trinajstić information content (AvgIpc) is 3.31. The molecule has 1 aliphatic heterocycles. The van der Waals surface area contributed by atoms with Crippen LogP contribution in [0.15, 0.2) is 41.8 Å². The molecular weight excluding hydrogens is 389 g/mol. The van der Waals surface area contributed by atoms with E-state index in [-0.39, 0.29) is 36.0 Å². The first kappa shape index (κ1) is 19.5. The lowest BCUT2D eigenvalue weighted by Gasteiger charge is -2.33. The largest absolute Gasteiger partial charge is 0.331 e. The number of carbonyl (C=O) groups is 1. The minimum absolute atomic E-state index is 0. The van der Waals surface area contributed by atoms with Crippen LogP contribution >= 0.6 is 23.7 Å². The number of piperazine rings is 1. The van der Waals surface area contributed by atoms with Gasteiger partial charge in [0.15, 0.2) is 5.82 Å². The van der Waals surface area contributed by atoms with Gasteiger partial charge in [-0.3, -0.25) is 4.79 Å². The number of aromatic nitrogens is 3. The molecule has 3 heterocycles. The van der Waals surface area contributed by atoms with Crippen LogP contribution in [-0.2, 0) is 0 Å². The molecule has 1 saturated heterocycles. The Bertz CT molecular complexity index is 930. The van der Waals surface area contributed by atoms with Crippen molar-refractivity contribution in [2.75, 3.05) is 19.6 Å². The van der Waals surface area contributed by atoms with E-state index < -0.39 is 0 Å². The molecule has 0 unspecified atom stereocenters. The fraction of sp³-hybridized carbons (Fsp3) is 0.278. The zero-order chi connectivity index (χ0) is 18.1. The molecule has 0 saturated carbocycles. The summed E-state index contributed by atoms with van der Waals surface area (Å²) in [5.74, 6) is 0.105. The van der Waals surface area contributed by atoms with Gasteiger partial charge in [0.1, 0.15) is 5.82 Å². The van der Waals surface area contributed by atoms with Gasteiger partial charge in [-0.25, -0.2) is 14.1 Å². The minimum Gasteiger partial charge on any atom is -0.331 e. The number of nitrogens with one attached hydrogen (secondary N) is 1. The van der Waals surface area contributed by atoms with E-state index >= 15 is 0 Å². The second kappa shape index (κ2) is 8.16. The number of benzene rings is 1. The lowest BCUT2D eigenvalue weighted by molar-refractivity contribution is 0.0643. The fourth-order valence-electron chi connectivity index (χ4n) is 3.03. The molecule has 1 aromatic carbocycles. The van der Waals surface area contributed by atoms with Crippen LogP contribution in [0.2, 0.25) is 0 Å². The quantitative estimate of drug-likeness (QED) is 0.725. The number of halogens is 2. The summed E-state index contributed by atoms with van der Waals surface area (Å²) in [6.45, 7) is 4.10. The summed E-state index contributed by atoms with van der Waals surface area (Å²) in [5, 5.41) is 9.61. The summed E-state index contributed by atoms with van der Waals surface area (Å²) in [6.07, 6.45) is 0. The molecule has 4 rings (SSSR count). The van der Waals surface area contributed by atoms with E-state index in [4.69, 9.17) is 0 Å². The molecule has 1 aliphatic rings. The lowest BCUT2D eigenvalue weighted by Crippen LogP contribution is -2.52. The summed E-state index contributed by atoms with van der Waals surface area (Å²) in [4.78, 5) is 20.1. The van der Waals surface area contributed by atoms with E-state index in [2.05, 4.69) is 15.4 Å². The molecule has 142 valence electrons. The maximum Gasteiger partial charge on any atom is 0.293 e. The van der Waals surface area contributed by atoms with Crippen molar-refractivity contribution in [3.63, 3.8) is 0 Å². The first-order chi connectivity index (χ1) is 12.6. The maximum absolute atomic E-state index is 13.7. The van der Waals surface area contributed by atoms with E-state index in [1.165, 1.54) is 28.2 Å². The molecule has 0 spiro atoms. The van der Waals surface area contributed by atoms with E-state index in [0.717, 1.165) is 18.0 Å². The molecule has 0 radical (unpaired) electrons. The normalized spacial score (nSPS) is 16.8. The molecule has 1 fully saturated rings. The Hall–Kier alpha value is -2.29. The van der Waals surface area contributed by atoms with Crippen LogP contribution in [0.5, 0.6) is 0 Å². The number of thiophene rings is 1. The van der Waals surface area contributed by atoms with Crippen LogP contribution in [0.3, 0.4) is 0 Å². The van der Waals surface area contributed by atoms with Crippen molar-refractivity contribution in [2.45, 2.75) is 13.0 Å². The van der Waals surface area contributed by atoms with Crippen molar-refractivity contribution >= 4 is 29.7 Å². The number of hydrogen-bond donors (Lipinski definition) is 1. The summed E-state index contributed by atoms with van der Waals surface area (Å²) in [6, 6.07) is 10.0. The van der Waals surface area contributed by atoms with Gasteiger partial charge in [-0.2, -0.15) is 0 Å². The number of nitrogens with zero attached hydrogens (tertiary/aromatic N) is 4. The molecule has 3 aromatic rings. The predicted molar refractivity (Wildman–Crippen MR) is 105 cm³/mol. The Kier molecular flexibility index (Phi) is 5.88. The van der Waals surface area contributed by atoms with Crippen LogP contribution in [0.1, 0.15) is 17.5 Å². The SMILES string of the molecule is C[C@@H]1CNCCN1C(=O)c1nc(-c2cccs2)n(-c2cccc(F)c2)n1.Cl. The monoisotopic (exact) mass is 407 g/mol. The third kappa shape index (κ3) is 3.87.